The van der Waals surface area contributed by atoms with Crippen molar-refractivity contribution in [2.75, 3.05) is 44.5 Å². The van der Waals surface area contributed by atoms with Crippen molar-refractivity contribution in [3.63, 3.8) is 0 Å². The number of nitrogens with zero attached hydrogens (tertiary/aromatic N) is 3. The summed E-state index contributed by atoms with van der Waals surface area (Å²) in [7, 11) is -0.492. The predicted octanol–water partition coefficient (Wildman–Crippen LogP) is 5.85. The fourth-order valence-corrected chi connectivity index (χ4v) is 6.31. The van der Waals surface area contributed by atoms with E-state index < -0.39 is 20.1 Å². The Kier molecular flexibility index (Phi) is 12.0. The number of piperidine rings is 1. The lowest BCUT2D eigenvalue weighted by Crippen LogP contribution is -2.50. The molecule has 3 rings (SSSR count). The lowest BCUT2D eigenvalue weighted by atomic mass is 9.85. The Labute approximate surface area is 267 Å². The number of benzene rings is 1. The summed E-state index contributed by atoms with van der Waals surface area (Å²) in [6, 6.07) is 4.18. The third-order valence-corrected chi connectivity index (χ3v) is 10.0. The van der Waals surface area contributed by atoms with Crippen LogP contribution in [0.25, 0.3) is 0 Å². The number of ether oxygens (including phenoxy) is 2. The molecule has 1 saturated heterocycles. The van der Waals surface area contributed by atoms with E-state index in [4.69, 9.17) is 26.5 Å². The second-order valence-corrected chi connectivity index (χ2v) is 15.1. The molecule has 0 spiro atoms. The lowest BCUT2D eigenvalue weighted by molar-refractivity contribution is 0.0186. The van der Waals surface area contributed by atoms with E-state index >= 15 is 0 Å². The quantitative estimate of drug-likeness (QED) is 0.154. The van der Waals surface area contributed by atoms with Crippen LogP contribution in [-0.4, -0.2) is 79.1 Å². The number of nitrogens with one attached hydrogen (secondary N) is 4. The monoisotopic (exact) mass is 649 g/mol. The Bertz CT molecular complexity index is 1450. The maximum absolute atomic E-state index is 12.7. The van der Waals surface area contributed by atoms with Crippen molar-refractivity contribution in [2.45, 2.75) is 84.1 Å². The van der Waals surface area contributed by atoms with E-state index in [0.717, 1.165) is 31.5 Å². The largest absolute Gasteiger partial charge is 0.489 e. The molecule has 0 amide bonds. The summed E-state index contributed by atoms with van der Waals surface area (Å²) in [6.07, 6.45) is 4.82. The van der Waals surface area contributed by atoms with Crippen LogP contribution in [0.1, 0.15) is 71.4 Å². The zero-order valence-corrected chi connectivity index (χ0v) is 28.9. The number of rotatable bonds is 13. The highest BCUT2D eigenvalue weighted by Gasteiger charge is 2.32. The van der Waals surface area contributed by atoms with Crippen LogP contribution >= 0.6 is 11.6 Å². The molecule has 2 aromatic rings. The molecule has 0 radical (unpaired) electrons. The van der Waals surface area contributed by atoms with Crippen LogP contribution in [-0.2, 0) is 14.6 Å². The second-order valence-electron chi connectivity index (χ2n) is 12.3. The summed E-state index contributed by atoms with van der Waals surface area (Å²) in [6.45, 7) is 16.3. The highest BCUT2D eigenvalue weighted by atomic mass is 35.5. The molecule has 244 valence electrons. The van der Waals surface area contributed by atoms with Crippen LogP contribution in [0.5, 0.6) is 5.75 Å². The molecule has 13 heteroatoms. The zero-order valence-electron chi connectivity index (χ0n) is 27.3. The van der Waals surface area contributed by atoms with Crippen LogP contribution < -0.4 is 20.7 Å². The number of aromatic nitrogens is 2. The predicted molar refractivity (Wildman–Crippen MR) is 179 cm³/mol. The zero-order chi connectivity index (χ0) is 32.8. The summed E-state index contributed by atoms with van der Waals surface area (Å²) in [4.78, 5) is 11.4. The number of methoxy groups -OCH3 is 1. The van der Waals surface area contributed by atoms with E-state index in [0.29, 0.717) is 24.0 Å². The van der Waals surface area contributed by atoms with Crippen molar-refractivity contribution >= 4 is 43.9 Å². The fourth-order valence-electron chi connectivity index (χ4n) is 5.29. The van der Waals surface area contributed by atoms with E-state index in [1.54, 1.807) is 14.2 Å². The van der Waals surface area contributed by atoms with Crippen LogP contribution in [0.4, 0.5) is 17.5 Å². The van der Waals surface area contributed by atoms with E-state index in [-0.39, 0.29) is 34.1 Å². The Morgan fingerprint density at radius 3 is 2.45 bits per heavy atom. The molecule has 1 fully saturated rings. The first-order valence-electron chi connectivity index (χ1n) is 14.9. The minimum absolute atomic E-state index is 0.00665. The van der Waals surface area contributed by atoms with E-state index in [1.807, 2.05) is 13.8 Å². The van der Waals surface area contributed by atoms with Crippen molar-refractivity contribution in [2.24, 2.45) is 0 Å². The maximum Gasteiger partial charge on any atom is 0.229 e. The molecule has 4 N–H and O–H groups in total. The first kappa shape index (κ1) is 35.5. The molecule has 1 aromatic heterocycles. The van der Waals surface area contributed by atoms with Gasteiger partial charge in [0.2, 0.25) is 5.95 Å². The minimum atomic E-state index is -3.85. The summed E-state index contributed by atoms with van der Waals surface area (Å²) < 4.78 is 37.1. The molecule has 0 aliphatic carbocycles. The lowest BCUT2D eigenvalue weighted by Gasteiger charge is -2.43. The number of halogens is 1. The van der Waals surface area contributed by atoms with Gasteiger partial charge < -0.3 is 25.4 Å². The van der Waals surface area contributed by atoms with Gasteiger partial charge in [-0.15, -0.1) is 0 Å². The molecule has 1 aliphatic heterocycles. The average molecular weight is 650 g/mol. The first-order valence-corrected chi connectivity index (χ1v) is 16.8. The molecular weight excluding hydrogens is 602 g/mol. The second kappa shape index (κ2) is 14.9. The molecule has 11 nitrogen and oxygen atoms in total. The smallest absolute Gasteiger partial charge is 0.229 e. The van der Waals surface area contributed by atoms with Gasteiger partial charge in [-0.1, -0.05) is 11.6 Å². The topological polar surface area (TPSA) is 142 Å². The molecule has 2 heterocycles. The molecule has 0 saturated carbocycles. The average Bonchev–Trinajstić information content (AvgIpc) is 2.95. The van der Waals surface area contributed by atoms with Crippen molar-refractivity contribution in [1.82, 2.24) is 20.2 Å². The highest BCUT2D eigenvalue weighted by molar-refractivity contribution is 8.07. The first-order chi connectivity index (χ1) is 20.6. The number of anilines is 3. The van der Waals surface area contributed by atoms with Gasteiger partial charge >= 0.3 is 0 Å². The van der Waals surface area contributed by atoms with Gasteiger partial charge in [0, 0.05) is 25.9 Å². The summed E-state index contributed by atoms with van der Waals surface area (Å²) in [5, 5.41) is 16.1. The number of aryl methyl sites for hydroxylation is 1. The number of likely N-dealkylation sites (tertiary alicyclic amines) is 1. The third-order valence-electron chi connectivity index (χ3n) is 7.70. The Morgan fingerprint density at radius 1 is 1.23 bits per heavy atom. The Balaban J connectivity index is 1.89. The molecule has 1 aromatic carbocycles. The van der Waals surface area contributed by atoms with Gasteiger partial charge in [-0.05, 0) is 104 Å². The van der Waals surface area contributed by atoms with Crippen molar-refractivity contribution in [3.05, 3.63) is 46.4 Å². The van der Waals surface area contributed by atoms with Gasteiger partial charge in [-0.3, -0.25) is 10.3 Å². The fraction of sp³-hybridized carbons (Fsp3) is 0.581. The summed E-state index contributed by atoms with van der Waals surface area (Å²) in [5.41, 5.74) is 3.10. The minimum Gasteiger partial charge on any atom is -0.489 e. The Morgan fingerprint density at radius 2 is 1.89 bits per heavy atom. The van der Waals surface area contributed by atoms with Gasteiger partial charge in [0.15, 0.2) is 20.7 Å². The normalized spacial score (nSPS) is 15.5. The molecule has 0 bridgehead atoms. The van der Waals surface area contributed by atoms with Crippen molar-refractivity contribution in [3.8, 4) is 5.75 Å². The number of hydrogen-bond acceptors (Lipinski definition) is 11. The van der Waals surface area contributed by atoms with Crippen LogP contribution in [0.15, 0.2) is 30.2 Å². The molecule has 44 heavy (non-hydrogen) atoms. The Hall–Kier alpha value is -2.93. The van der Waals surface area contributed by atoms with Crippen LogP contribution in [0, 0.1) is 12.3 Å². The van der Waals surface area contributed by atoms with Crippen LogP contribution in [0.2, 0.25) is 5.02 Å². The number of sulfone groups is 1. The summed E-state index contributed by atoms with van der Waals surface area (Å²) >= 11 is 6.40. The van der Waals surface area contributed by atoms with Gasteiger partial charge in [-0.25, -0.2) is 13.4 Å². The van der Waals surface area contributed by atoms with E-state index in [9.17, 15) is 8.42 Å². The molecular formula is C31H48ClN7O4S. The molecule has 0 unspecified atom stereocenters. The van der Waals surface area contributed by atoms with Gasteiger partial charge in [0.25, 0.3) is 0 Å². The van der Waals surface area contributed by atoms with Crippen LogP contribution in [0.3, 0.4) is 0 Å². The van der Waals surface area contributed by atoms with E-state index in [1.165, 1.54) is 31.8 Å². The standard InChI is InChI=1S/C31H48ClN7O4S/c1-19(2)43-27-15-23(22-10-12-39(13-11-22)31(6,7)18-42-9)21(5)14-25(27)37-30-35-16-24(32)29(38-30)36-26(17-34-8)28(33)44(40,41)20(3)4/h14-17,19-20,22,33-34H,10-13,18H2,1-9H3,(H2,35,36,37,38)/b26-17+,33-28?. The summed E-state index contributed by atoms with van der Waals surface area (Å²) in [5.74, 6) is 1.48. The maximum atomic E-state index is 12.7. The highest BCUT2D eigenvalue weighted by Crippen LogP contribution is 2.39. The van der Waals surface area contributed by atoms with Gasteiger partial charge in [-0.2, -0.15) is 4.98 Å². The third kappa shape index (κ3) is 8.62. The van der Waals surface area contributed by atoms with Gasteiger partial charge in [0.05, 0.1) is 35.5 Å². The SMILES string of the molecule is CN/C=C(/Nc1nc(Nc2cc(C)c(C3CCN(C(C)(C)COC)CC3)cc2OC(C)C)ncc1Cl)C(=N)S(=O)(=O)C(C)C. The molecule has 0 atom stereocenters. The number of hydrogen-bond donors (Lipinski definition) is 4. The van der Waals surface area contributed by atoms with E-state index in [2.05, 4.69) is 63.7 Å². The van der Waals surface area contributed by atoms with Gasteiger partial charge in [0.1, 0.15) is 10.8 Å². The van der Waals surface area contributed by atoms with Crippen molar-refractivity contribution in [1.29, 1.82) is 5.41 Å². The van der Waals surface area contributed by atoms with Crippen molar-refractivity contribution < 1.29 is 17.9 Å². The molecule has 1 aliphatic rings.